The molecule has 0 radical (unpaired) electrons. The number of nitrogens with zero attached hydrogens (tertiary/aromatic N) is 1. The van der Waals surface area contributed by atoms with Crippen molar-refractivity contribution in [1.82, 2.24) is 4.98 Å². The van der Waals surface area contributed by atoms with E-state index in [9.17, 15) is 4.79 Å². The maximum Gasteiger partial charge on any atom is 0.221 e. The number of carbonyl (C=O) groups is 1. The van der Waals surface area contributed by atoms with Crippen molar-refractivity contribution in [1.29, 1.82) is 0 Å². The number of nitrogens with one attached hydrogen (secondary N) is 1. The van der Waals surface area contributed by atoms with Crippen LogP contribution in [0.25, 0.3) is 0 Å². The lowest BCUT2D eigenvalue weighted by Crippen LogP contribution is -2.05. The highest BCUT2D eigenvalue weighted by Crippen LogP contribution is 2.20. The first-order valence-electron chi connectivity index (χ1n) is 5.20. The number of aromatic nitrogens is 1. The van der Waals surface area contributed by atoms with Gasteiger partial charge in [-0.2, -0.15) is 0 Å². The summed E-state index contributed by atoms with van der Waals surface area (Å²) in [6.07, 6.45) is 1.67. The summed E-state index contributed by atoms with van der Waals surface area (Å²) >= 11 is 0. The minimum absolute atomic E-state index is 0.0941. The van der Waals surface area contributed by atoms with Crippen LogP contribution in [0.2, 0.25) is 0 Å². The van der Waals surface area contributed by atoms with Crippen LogP contribution in [0, 0.1) is 0 Å². The summed E-state index contributed by atoms with van der Waals surface area (Å²) in [6, 6.07) is 12.6. The average Bonchev–Trinajstić information content (AvgIpc) is 2.32. The van der Waals surface area contributed by atoms with Gasteiger partial charge in [-0.15, -0.1) is 0 Å². The van der Waals surface area contributed by atoms with Gasteiger partial charge in [-0.25, -0.2) is 4.98 Å². The van der Waals surface area contributed by atoms with Gasteiger partial charge in [0.15, 0.2) is 0 Å². The number of rotatable bonds is 3. The van der Waals surface area contributed by atoms with Crippen molar-refractivity contribution in [2.24, 2.45) is 0 Å². The van der Waals surface area contributed by atoms with E-state index in [0.717, 1.165) is 5.69 Å². The Kier molecular flexibility index (Phi) is 3.35. The highest BCUT2D eigenvalue weighted by atomic mass is 16.5. The van der Waals surface area contributed by atoms with E-state index in [0.29, 0.717) is 11.6 Å². The van der Waals surface area contributed by atoms with Gasteiger partial charge in [-0.05, 0) is 30.3 Å². The Morgan fingerprint density at radius 1 is 1.18 bits per heavy atom. The van der Waals surface area contributed by atoms with Gasteiger partial charge >= 0.3 is 0 Å². The summed E-state index contributed by atoms with van der Waals surface area (Å²) in [5.74, 6) is 1.13. The predicted molar refractivity (Wildman–Crippen MR) is 65.1 cm³/mol. The number of ether oxygens (including phenoxy) is 1. The Balaban J connectivity index is 2.06. The average molecular weight is 228 g/mol. The summed E-state index contributed by atoms with van der Waals surface area (Å²) in [7, 11) is 0. The van der Waals surface area contributed by atoms with E-state index < -0.39 is 0 Å². The molecular weight excluding hydrogens is 216 g/mol. The molecule has 0 aliphatic rings. The van der Waals surface area contributed by atoms with E-state index in [-0.39, 0.29) is 5.91 Å². The van der Waals surface area contributed by atoms with Crippen LogP contribution < -0.4 is 10.1 Å². The highest BCUT2D eigenvalue weighted by molar-refractivity contribution is 5.88. The maximum atomic E-state index is 10.8. The first-order valence-corrected chi connectivity index (χ1v) is 5.20. The Hall–Kier alpha value is -2.36. The van der Waals surface area contributed by atoms with Crippen LogP contribution in [0.3, 0.4) is 0 Å². The molecule has 0 saturated heterocycles. The van der Waals surface area contributed by atoms with Gasteiger partial charge in [0, 0.05) is 24.9 Å². The van der Waals surface area contributed by atoms with Gasteiger partial charge in [0.05, 0.1) is 0 Å². The summed E-state index contributed by atoms with van der Waals surface area (Å²) in [5, 5.41) is 2.69. The van der Waals surface area contributed by atoms with Crippen molar-refractivity contribution in [3.8, 4) is 11.6 Å². The summed E-state index contributed by atoms with van der Waals surface area (Å²) in [6.45, 7) is 1.47. The van der Waals surface area contributed by atoms with Gasteiger partial charge in [-0.1, -0.05) is 6.07 Å². The fraction of sp³-hybridized carbons (Fsp3) is 0.0769. The molecular formula is C13H12N2O2. The third kappa shape index (κ3) is 3.31. The Bertz CT molecular complexity index is 495. The van der Waals surface area contributed by atoms with E-state index in [4.69, 9.17) is 4.74 Å². The number of hydrogen-bond acceptors (Lipinski definition) is 3. The molecule has 1 heterocycles. The van der Waals surface area contributed by atoms with Crippen molar-refractivity contribution in [3.63, 3.8) is 0 Å². The summed E-state index contributed by atoms with van der Waals surface area (Å²) in [4.78, 5) is 14.9. The molecule has 0 bridgehead atoms. The van der Waals surface area contributed by atoms with Crippen molar-refractivity contribution < 1.29 is 9.53 Å². The van der Waals surface area contributed by atoms with Crippen LogP contribution >= 0.6 is 0 Å². The molecule has 1 aromatic carbocycles. The zero-order chi connectivity index (χ0) is 12.1. The molecule has 0 saturated carbocycles. The van der Waals surface area contributed by atoms with Crippen molar-refractivity contribution in [3.05, 3.63) is 48.7 Å². The number of pyridine rings is 1. The fourth-order valence-electron chi connectivity index (χ4n) is 1.34. The SMILES string of the molecule is CC(=O)Nc1ccc(Oc2ccccn2)cc1. The van der Waals surface area contributed by atoms with Gasteiger partial charge in [0.1, 0.15) is 5.75 Å². The third-order valence-corrected chi connectivity index (χ3v) is 2.03. The van der Waals surface area contributed by atoms with Gasteiger partial charge in [-0.3, -0.25) is 4.79 Å². The Morgan fingerprint density at radius 3 is 2.53 bits per heavy atom. The number of amides is 1. The molecule has 17 heavy (non-hydrogen) atoms. The van der Waals surface area contributed by atoms with E-state index in [2.05, 4.69) is 10.3 Å². The standard InChI is InChI=1S/C13H12N2O2/c1-10(16)15-11-5-7-12(8-6-11)17-13-4-2-3-9-14-13/h2-9H,1H3,(H,15,16). The van der Waals surface area contributed by atoms with Gasteiger partial charge in [0.2, 0.25) is 11.8 Å². The fourth-order valence-corrected chi connectivity index (χ4v) is 1.34. The van der Waals surface area contributed by atoms with Crippen LogP contribution in [0.15, 0.2) is 48.7 Å². The quantitative estimate of drug-likeness (QED) is 0.878. The van der Waals surface area contributed by atoms with E-state index >= 15 is 0 Å². The zero-order valence-electron chi connectivity index (χ0n) is 9.38. The molecule has 0 atom stereocenters. The normalized spacial score (nSPS) is 9.71. The van der Waals surface area contributed by atoms with Crippen LogP contribution in [-0.2, 0) is 4.79 Å². The van der Waals surface area contributed by atoms with Gasteiger partial charge in [0.25, 0.3) is 0 Å². The second kappa shape index (κ2) is 5.12. The van der Waals surface area contributed by atoms with E-state index in [1.807, 2.05) is 12.1 Å². The molecule has 2 aromatic rings. The molecule has 4 nitrogen and oxygen atoms in total. The molecule has 1 amide bonds. The third-order valence-electron chi connectivity index (χ3n) is 2.03. The molecule has 1 N–H and O–H groups in total. The monoisotopic (exact) mass is 228 g/mol. The lowest BCUT2D eigenvalue weighted by molar-refractivity contribution is -0.114. The van der Waals surface area contributed by atoms with E-state index in [1.165, 1.54) is 6.92 Å². The predicted octanol–water partition coefficient (Wildman–Crippen LogP) is 2.83. The van der Waals surface area contributed by atoms with Crippen LogP contribution in [0.1, 0.15) is 6.92 Å². The zero-order valence-corrected chi connectivity index (χ0v) is 9.38. The van der Waals surface area contributed by atoms with Crippen LogP contribution in [0.4, 0.5) is 5.69 Å². The summed E-state index contributed by atoms with van der Waals surface area (Å²) in [5.41, 5.74) is 0.742. The minimum atomic E-state index is -0.0941. The number of hydrogen-bond donors (Lipinski definition) is 1. The van der Waals surface area contributed by atoms with Gasteiger partial charge < -0.3 is 10.1 Å². The molecule has 0 aliphatic carbocycles. The second-order valence-corrected chi connectivity index (χ2v) is 3.48. The maximum absolute atomic E-state index is 10.8. The van der Waals surface area contributed by atoms with Crippen LogP contribution in [-0.4, -0.2) is 10.9 Å². The first-order chi connectivity index (χ1) is 8.24. The van der Waals surface area contributed by atoms with Crippen molar-refractivity contribution >= 4 is 11.6 Å². The molecule has 86 valence electrons. The molecule has 2 rings (SSSR count). The molecule has 4 heteroatoms. The Labute approximate surface area is 99.3 Å². The molecule has 0 unspecified atom stereocenters. The largest absolute Gasteiger partial charge is 0.439 e. The highest BCUT2D eigenvalue weighted by Gasteiger charge is 1.99. The molecule has 0 spiro atoms. The molecule has 0 fully saturated rings. The number of anilines is 1. The van der Waals surface area contributed by atoms with E-state index in [1.54, 1.807) is 36.5 Å². The second-order valence-electron chi connectivity index (χ2n) is 3.48. The lowest BCUT2D eigenvalue weighted by atomic mass is 10.3. The summed E-state index contributed by atoms with van der Waals surface area (Å²) < 4.78 is 5.51. The molecule has 1 aromatic heterocycles. The van der Waals surface area contributed by atoms with Crippen molar-refractivity contribution in [2.45, 2.75) is 6.92 Å². The number of carbonyl (C=O) groups excluding carboxylic acids is 1. The smallest absolute Gasteiger partial charge is 0.221 e. The minimum Gasteiger partial charge on any atom is -0.439 e. The Morgan fingerprint density at radius 2 is 1.94 bits per heavy atom. The number of benzene rings is 1. The topological polar surface area (TPSA) is 51.2 Å². The van der Waals surface area contributed by atoms with Crippen molar-refractivity contribution in [2.75, 3.05) is 5.32 Å². The lowest BCUT2D eigenvalue weighted by Gasteiger charge is -2.05. The molecule has 0 aliphatic heterocycles. The van der Waals surface area contributed by atoms with Crippen LogP contribution in [0.5, 0.6) is 11.6 Å². The first kappa shape index (κ1) is 11.1.